The molecule has 0 atom stereocenters. The van der Waals surface area contributed by atoms with E-state index in [1.807, 2.05) is 0 Å². The highest BCUT2D eigenvalue weighted by Crippen LogP contribution is 2.08. The molecule has 3 N–H and O–H groups in total. The van der Waals surface area contributed by atoms with E-state index in [4.69, 9.17) is 10.5 Å². The molecule has 0 aliphatic heterocycles. The van der Waals surface area contributed by atoms with Crippen molar-refractivity contribution in [3.05, 3.63) is 69.9 Å². The lowest BCUT2D eigenvalue weighted by Crippen LogP contribution is -2.17. The third-order valence-corrected chi connectivity index (χ3v) is 3.05. The Labute approximate surface area is 136 Å². The molecule has 1 aromatic carbocycles. The average Bonchev–Trinajstić information content (AvgIpc) is 2.56. The van der Waals surface area contributed by atoms with Crippen molar-refractivity contribution in [2.45, 2.75) is 6.54 Å². The zero-order chi connectivity index (χ0) is 17.5. The third-order valence-electron chi connectivity index (χ3n) is 3.05. The standard InChI is InChI=1S/C16H16F2N4O2/c1-24-9-11(20-7-10-4-2-3-5-12(10)17)6-14(19)15-21-8-13(18)16(23)22-15/h2-6,8H,7,9,19H2,1H3,(H,21,22,23). The van der Waals surface area contributed by atoms with Crippen LogP contribution in [0.4, 0.5) is 8.78 Å². The minimum Gasteiger partial charge on any atom is -0.396 e. The molecule has 0 fully saturated rings. The van der Waals surface area contributed by atoms with E-state index in [-0.39, 0.29) is 30.5 Å². The molecule has 126 valence electrons. The van der Waals surface area contributed by atoms with Crippen molar-refractivity contribution >= 4 is 11.4 Å². The molecular formula is C16H16F2N4O2. The molecule has 2 aromatic rings. The molecule has 0 saturated carbocycles. The minimum atomic E-state index is -1.00. The summed E-state index contributed by atoms with van der Waals surface area (Å²) in [6.45, 7) is 0.225. The van der Waals surface area contributed by atoms with Gasteiger partial charge in [-0.1, -0.05) is 18.2 Å². The Bertz CT molecular complexity index is 831. The van der Waals surface area contributed by atoms with Crippen LogP contribution >= 0.6 is 0 Å². The van der Waals surface area contributed by atoms with Crippen molar-refractivity contribution in [2.75, 3.05) is 13.7 Å². The van der Waals surface area contributed by atoms with E-state index in [1.165, 1.54) is 19.3 Å². The number of aromatic nitrogens is 2. The first kappa shape index (κ1) is 17.5. The number of nitrogens with zero attached hydrogens (tertiary/aromatic N) is 2. The molecule has 1 heterocycles. The van der Waals surface area contributed by atoms with Crippen molar-refractivity contribution in [3.8, 4) is 0 Å². The predicted octanol–water partition coefficient (Wildman–Crippen LogP) is 1.64. The summed E-state index contributed by atoms with van der Waals surface area (Å²) in [5, 5.41) is 0. The minimum absolute atomic E-state index is 0.0103. The van der Waals surface area contributed by atoms with Crippen molar-refractivity contribution in [1.82, 2.24) is 9.97 Å². The summed E-state index contributed by atoms with van der Waals surface area (Å²) in [5.41, 5.74) is 5.84. The molecule has 0 bridgehead atoms. The second-order valence-electron chi connectivity index (χ2n) is 4.84. The molecule has 0 amide bonds. The van der Waals surface area contributed by atoms with Gasteiger partial charge in [0.25, 0.3) is 5.56 Å². The van der Waals surface area contributed by atoms with Gasteiger partial charge in [0.05, 0.1) is 30.8 Å². The zero-order valence-electron chi connectivity index (χ0n) is 12.9. The maximum absolute atomic E-state index is 13.6. The van der Waals surface area contributed by atoms with Gasteiger partial charge in [-0.25, -0.2) is 9.37 Å². The van der Waals surface area contributed by atoms with Gasteiger partial charge in [0.1, 0.15) is 5.82 Å². The van der Waals surface area contributed by atoms with E-state index in [1.54, 1.807) is 18.2 Å². The Hall–Kier alpha value is -2.87. The normalized spacial score (nSPS) is 12.5. The molecule has 0 aliphatic rings. The summed E-state index contributed by atoms with van der Waals surface area (Å²) in [4.78, 5) is 21.4. The second kappa shape index (κ2) is 8.11. The van der Waals surface area contributed by atoms with Crippen LogP contribution in [0.3, 0.4) is 0 Å². The van der Waals surface area contributed by atoms with Crippen molar-refractivity contribution in [1.29, 1.82) is 0 Å². The van der Waals surface area contributed by atoms with Gasteiger partial charge >= 0.3 is 0 Å². The molecule has 0 radical (unpaired) electrons. The van der Waals surface area contributed by atoms with Gasteiger partial charge in [0.15, 0.2) is 5.82 Å². The first-order valence-electron chi connectivity index (χ1n) is 6.99. The number of H-pyrrole nitrogens is 1. The third kappa shape index (κ3) is 4.56. The van der Waals surface area contributed by atoms with E-state index in [0.717, 1.165) is 6.20 Å². The van der Waals surface area contributed by atoms with Gasteiger partial charge in [0.2, 0.25) is 5.82 Å². The first-order chi connectivity index (χ1) is 11.5. The molecule has 0 aliphatic carbocycles. The molecule has 0 saturated heterocycles. The van der Waals surface area contributed by atoms with Gasteiger partial charge < -0.3 is 15.5 Å². The number of aliphatic imine (C=N–C) groups is 1. The summed E-state index contributed by atoms with van der Waals surface area (Å²) in [5.74, 6) is -1.35. The molecule has 24 heavy (non-hydrogen) atoms. The van der Waals surface area contributed by atoms with Crippen LogP contribution in [0.1, 0.15) is 11.4 Å². The van der Waals surface area contributed by atoms with E-state index >= 15 is 0 Å². The molecule has 6 nitrogen and oxygen atoms in total. The maximum atomic E-state index is 13.6. The Morgan fingerprint density at radius 3 is 2.79 bits per heavy atom. The quantitative estimate of drug-likeness (QED) is 0.785. The number of methoxy groups -OCH3 is 1. The Kier molecular flexibility index (Phi) is 5.91. The van der Waals surface area contributed by atoms with Crippen LogP contribution in [0.25, 0.3) is 5.70 Å². The fourth-order valence-electron chi connectivity index (χ4n) is 1.87. The largest absolute Gasteiger partial charge is 0.396 e. The van der Waals surface area contributed by atoms with E-state index < -0.39 is 11.4 Å². The topological polar surface area (TPSA) is 93.4 Å². The van der Waals surface area contributed by atoms with E-state index in [2.05, 4.69) is 15.0 Å². The molecule has 2 rings (SSSR count). The smallest absolute Gasteiger partial charge is 0.287 e. The second-order valence-corrected chi connectivity index (χ2v) is 4.84. The summed E-state index contributed by atoms with van der Waals surface area (Å²) in [6.07, 6.45) is 2.21. The number of rotatable bonds is 6. The summed E-state index contributed by atoms with van der Waals surface area (Å²) < 4.78 is 31.6. The highest BCUT2D eigenvalue weighted by atomic mass is 19.1. The van der Waals surface area contributed by atoms with Crippen LogP contribution in [0.15, 0.2) is 46.3 Å². The molecule has 0 unspecified atom stereocenters. The van der Waals surface area contributed by atoms with Crippen LogP contribution in [-0.4, -0.2) is 29.4 Å². The summed E-state index contributed by atoms with van der Waals surface area (Å²) >= 11 is 0. The lowest BCUT2D eigenvalue weighted by atomic mass is 10.2. The Morgan fingerprint density at radius 2 is 2.12 bits per heavy atom. The zero-order valence-corrected chi connectivity index (χ0v) is 12.9. The lowest BCUT2D eigenvalue weighted by Gasteiger charge is -2.05. The molecule has 0 spiro atoms. The molecular weight excluding hydrogens is 318 g/mol. The maximum Gasteiger partial charge on any atom is 0.287 e. The van der Waals surface area contributed by atoms with E-state index in [9.17, 15) is 13.6 Å². The van der Waals surface area contributed by atoms with Gasteiger partial charge in [-0.2, -0.15) is 4.39 Å². The number of aromatic amines is 1. The number of hydrogen-bond acceptors (Lipinski definition) is 5. The number of benzene rings is 1. The van der Waals surface area contributed by atoms with Crippen LogP contribution in [0, 0.1) is 11.6 Å². The van der Waals surface area contributed by atoms with Crippen LogP contribution in [0.5, 0.6) is 0 Å². The van der Waals surface area contributed by atoms with E-state index in [0.29, 0.717) is 11.3 Å². The molecule has 1 aromatic heterocycles. The van der Waals surface area contributed by atoms with Crippen molar-refractivity contribution < 1.29 is 13.5 Å². The fraction of sp³-hybridized carbons (Fsp3) is 0.188. The average molecular weight is 334 g/mol. The Morgan fingerprint density at radius 1 is 1.38 bits per heavy atom. The van der Waals surface area contributed by atoms with Crippen LogP contribution in [-0.2, 0) is 11.3 Å². The summed E-state index contributed by atoms with van der Waals surface area (Å²) in [7, 11) is 1.47. The van der Waals surface area contributed by atoms with Crippen LogP contribution in [0.2, 0.25) is 0 Å². The fourth-order valence-corrected chi connectivity index (χ4v) is 1.87. The number of halogens is 2. The number of hydrogen-bond donors (Lipinski definition) is 2. The lowest BCUT2D eigenvalue weighted by molar-refractivity contribution is 0.245. The summed E-state index contributed by atoms with van der Waals surface area (Å²) in [6, 6.07) is 6.27. The van der Waals surface area contributed by atoms with Gasteiger partial charge in [-0.3, -0.25) is 9.79 Å². The van der Waals surface area contributed by atoms with Crippen molar-refractivity contribution in [3.63, 3.8) is 0 Å². The molecule has 8 heteroatoms. The van der Waals surface area contributed by atoms with Gasteiger partial charge in [-0.05, 0) is 12.1 Å². The van der Waals surface area contributed by atoms with Crippen molar-refractivity contribution in [2.24, 2.45) is 10.7 Å². The van der Waals surface area contributed by atoms with Gasteiger partial charge in [0, 0.05) is 12.7 Å². The first-order valence-corrected chi connectivity index (χ1v) is 6.99. The Balaban J connectivity index is 2.25. The predicted molar refractivity (Wildman–Crippen MR) is 86.4 cm³/mol. The SMILES string of the molecule is COCC(C=C(N)c1ncc(F)c(=O)[nH]1)=NCc1ccccc1F. The van der Waals surface area contributed by atoms with Gasteiger partial charge in [-0.15, -0.1) is 0 Å². The number of ether oxygens (including phenoxy) is 1. The van der Waals surface area contributed by atoms with Crippen LogP contribution < -0.4 is 11.3 Å². The monoisotopic (exact) mass is 334 g/mol. The highest BCUT2D eigenvalue weighted by molar-refractivity contribution is 6.00. The number of nitrogens with one attached hydrogen (secondary N) is 1. The number of nitrogens with two attached hydrogens (primary N) is 1. The highest BCUT2D eigenvalue weighted by Gasteiger charge is 2.06.